The second-order valence-electron chi connectivity index (χ2n) is 5.62. The maximum atomic E-state index is 10.9. The Morgan fingerprint density at radius 3 is 2.29 bits per heavy atom. The number of carboxylic acids is 1. The smallest absolute Gasteiger partial charge is 0.307 e. The minimum absolute atomic E-state index is 0.0184. The molecule has 4 nitrogen and oxygen atoms in total. The highest BCUT2D eigenvalue weighted by Crippen LogP contribution is 2.33. The summed E-state index contributed by atoms with van der Waals surface area (Å²) in [5.41, 5.74) is 0.229. The molecule has 1 rings (SSSR count). The average Bonchev–Trinajstić information content (AvgIpc) is 2.74. The zero-order valence-electron chi connectivity index (χ0n) is 11.5. The summed E-state index contributed by atoms with van der Waals surface area (Å²) in [6.07, 6.45) is 4.98. The zero-order valence-corrected chi connectivity index (χ0v) is 11.5. The lowest BCUT2D eigenvalue weighted by atomic mass is 9.94. The van der Waals surface area contributed by atoms with Gasteiger partial charge in [0.15, 0.2) is 0 Å². The zero-order chi connectivity index (χ0) is 13.1. The van der Waals surface area contributed by atoms with Crippen LogP contribution in [-0.2, 0) is 4.79 Å². The quantitative estimate of drug-likeness (QED) is 0.742. The van der Waals surface area contributed by atoms with E-state index >= 15 is 0 Å². The number of likely N-dealkylation sites (N-methyl/N-ethyl adjacent to an activating group) is 1. The number of carboxylic acid groups (broad SMARTS) is 1. The van der Waals surface area contributed by atoms with E-state index < -0.39 is 5.97 Å². The van der Waals surface area contributed by atoms with E-state index in [-0.39, 0.29) is 17.5 Å². The summed E-state index contributed by atoms with van der Waals surface area (Å²) in [6.45, 7) is 4.60. The van der Waals surface area contributed by atoms with Gasteiger partial charge in [0.2, 0.25) is 0 Å². The molecule has 1 aliphatic rings. The van der Waals surface area contributed by atoms with Crippen molar-refractivity contribution in [3.05, 3.63) is 0 Å². The Bertz CT molecular complexity index is 260. The molecule has 17 heavy (non-hydrogen) atoms. The SMILES string of the molecule is CC(NCC1(N(C)C)CCCC1)C(C)C(=O)O. The van der Waals surface area contributed by atoms with Gasteiger partial charge in [-0.1, -0.05) is 19.8 Å². The molecule has 1 aliphatic carbocycles. The molecule has 4 heteroatoms. The summed E-state index contributed by atoms with van der Waals surface area (Å²) in [5, 5.41) is 12.4. The lowest BCUT2D eigenvalue weighted by Gasteiger charge is -2.38. The van der Waals surface area contributed by atoms with Gasteiger partial charge in [-0.3, -0.25) is 4.79 Å². The minimum Gasteiger partial charge on any atom is -0.481 e. The van der Waals surface area contributed by atoms with Crippen LogP contribution >= 0.6 is 0 Å². The first-order chi connectivity index (χ1) is 7.89. The van der Waals surface area contributed by atoms with Gasteiger partial charge in [0.1, 0.15) is 0 Å². The van der Waals surface area contributed by atoms with Crippen molar-refractivity contribution in [1.82, 2.24) is 10.2 Å². The molecular formula is C13H26N2O2. The van der Waals surface area contributed by atoms with E-state index in [0.717, 1.165) is 6.54 Å². The highest BCUT2D eigenvalue weighted by Gasteiger charge is 2.36. The molecule has 0 aromatic heterocycles. The number of hydrogen-bond acceptors (Lipinski definition) is 3. The Kier molecular flexibility index (Phi) is 4.95. The standard InChI is InChI=1S/C13H26N2O2/c1-10(12(16)17)11(2)14-9-13(15(3)4)7-5-6-8-13/h10-11,14H,5-9H2,1-4H3,(H,16,17). The Morgan fingerprint density at radius 2 is 1.88 bits per heavy atom. The minimum atomic E-state index is -0.727. The number of hydrogen-bond donors (Lipinski definition) is 2. The van der Waals surface area contributed by atoms with Gasteiger partial charge in [0.25, 0.3) is 0 Å². The van der Waals surface area contributed by atoms with Crippen LogP contribution in [0.15, 0.2) is 0 Å². The van der Waals surface area contributed by atoms with Crippen LogP contribution < -0.4 is 5.32 Å². The predicted molar refractivity (Wildman–Crippen MR) is 69.2 cm³/mol. The van der Waals surface area contributed by atoms with E-state index in [0.29, 0.717) is 0 Å². The molecule has 100 valence electrons. The second-order valence-corrected chi connectivity index (χ2v) is 5.62. The summed E-state index contributed by atoms with van der Waals surface area (Å²) in [6, 6.07) is 0.0184. The molecule has 1 saturated carbocycles. The van der Waals surface area contributed by atoms with Crippen LogP contribution in [0, 0.1) is 5.92 Å². The fraction of sp³-hybridized carbons (Fsp3) is 0.923. The van der Waals surface area contributed by atoms with Crippen molar-refractivity contribution >= 4 is 5.97 Å². The summed E-state index contributed by atoms with van der Waals surface area (Å²) in [7, 11) is 4.25. The maximum absolute atomic E-state index is 10.9. The molecule has 0 radical (unpaired) electrons. The van der Waals surface area contributed by atoms with Gasteiger partial charge in [-0.15, -0.1) is 0 Å². The molecule has 0 heterocycles. The molecule has 2 N–H and O–H groups in total. The van der Waals surface area contributed by atoms with E-state index in [1.807, 2.05) is 6.92 Å². The monoisotopic (exact) mass is 242 g/mol. The first-order valence-corrected chi connectivity index (χ1v) is 6.53. The van der Waals surface area contributed by atoms with Crippen molar-refractivity contribution in [3.8, 4) is 0 Å². The van der Waals surface area contributed by atoms with Crippen molar-refractivity contribution < 1.29 is 9.90 Å². The normalized spacial score (nSPS) is 22.6. The van der Waals surface area contributed by atoms with Crippen molar-refractivity contribution in [2.45, 2.75) is 51.1 Å². The van der Waals surface area contributed by atoms with Crippen LogP contribution in [0.25, 0.3) is 0 Å². The number of carbonyl (C=O) groups is 1. The first kappa shape index (κ1) is 14.5. The van der Waals surface area contributed by atoms with Crippen molar-refractivity contribution in [3.63, 3.8) is 0 Å². The molecule has 0 bridgehead atoms. The van der Waals surface area contributed by atoms with E-state index in [9.17, 15) is 4.79 Å². The van der Waals surface area contributed by atoms with Crippen LogP contribution in [0.2, 0.25) is 0 Å². The highest BCUT2D eigenvalue weighted by atomic mass is 16.4. The topological polar surface area (TPSA) is 52.6 Å². The second kappa shape index (κ2) is 5.83. The molecule has 1 fully saturated rings. The third-order valence-electron chi connectivity index (χ3n) is 4.38. The lowest BCUT2D eigenvalue weighted by molar-refractivity contribution is -0.142. The van der Waals surface area contributed by atoms with Gasteiger partial charge in [-0.05, 0) is 33.9 Å². The summed E-state index contributed by atoms with van der Waals surface area (Å²) in [5.74, 6) is -1.06. The Balaban J connectivity index is 2.50. The van der Waals surface area contributed by atoms with E-state index in [1.54, 1.807) is 6.92 Å². The Labute approximate surface area is 104 Å². The fourth-order valence-corrected chi connectivity index (χ4v) is 2.56. The van der Waals surface area contributed by atoms with Crippen LogP contribution in [0.5, 0.6) is 0 Å². The van der Waals surface area contributed by atoms with Crippen LogP contribution in [0.4, 0.5) is 0 Å². The molecule has 0 saturated heterocycles. The molecule has 0 amide bonds. The Morgan fingerprint density at radius 1 is 1.35 bits per heavy atom. The van der Waals surface area contributed by atoms with Crippen LogP contribution in [-0.4, -0.2) is 48.2 Å². The summed E-state index contributed by atoms with van der Waals surface area (Å²) < 4.78 is 0. The average molecular weight is 242 g/mol. The maximum Gasteiger partial charge on any atom is 0.307 e. The molecular weight excluding hydrogens is 216 g/mol. The first-order valence-electron chi connectivity index (χ1n) is 6.53. The van der Waals surface area contributed by atoms with Gasteiger partial charge in [-0.25, -0.2) is 0 Å². The number of rotatable bonds is 6. The fourth-order valence-electron chi connectivity index (χ4n) is 2.56. The van der Waals surface area contributed by atoms with Crippen molar-refractivity contribution in [2.24, 2.45) is 5.92 Å². The van der Waals surface area contributed by atoms with Crippen molar-refractivity contribution in [1.29, 1.82) is 0 Å². The van der Waals surface area contributed by atoms with Gasteiger partial charge < -0.3 is 15.3 Å². The Hall–Kier alpha value is -0.610. The third kappa shape index (κ3) is 3.42. The van der Waals surface area contributed by atoms with Crippen molar-refractivity contribution in [2.75, 3.05) is 20.6 Å². The van der Waals surface area contributed by atoms with Gasteiger partial charge in [0.05, 0.1) is 5.92 Å². The van der Waals surface area contributed by atoms with Gasteiger partial charge >= 0.3 is 5.97 Å². The largest absolute Gasteiger partial charge is 0.481 e. The summed E-state index contributed by atoms with van der Waals surface area (Å²) >= 11 is 0. The van der Waals surface area contributed by atoms with Crippen LogP contribution in [0.1, 0.15) is 39.5 Å². The molecule has 0 aromatic rings. The number of aliphatic carboxylic acids is 1. The molecule has 0 spiro atoms. The van der Waals surface area contributed by atoms with E-state index in [2.05, 4.69) is 24.3 Å². The summed E-state index contributed by atoms with van der Waals surface area (Å²) in [4.78, 5) is 13.2. The van der Waals surface area contributed by atoms with Gasteiger partial charge in [0, 0.05) is 18.1 Å². The highest BCUT2D eigenvalue weighted by molar-refractivity contribution is 5.70. The van der Waals surface area contributed by atoms with E-state index in [1.165, 1.54) is 25.7 Å². The molecule has 0 aromatic carbocycles. The number of nitrogens with zero attached hydrogens (tertiary/aromatic N) is 1. The van der Waals surface area contributed by atoms with Crippen LogP contribution in [0.3, 0.4) is 0 Å². The molecule has 0 aliphatic heterocycles. The third-order valence-corrected chi connectivity index (χ3v) is 4.38. The molecule has 2 atom stereocenters. The molecule has 2 unspecified atom stereocenters. The number of nitrogens with one attached hydrogen (secondary N) is 1. The van der Waals surface area contributed by atoms with Gasteiger partial charge in [-0.2, -0.15) is 0 Å². The predicted octanol–water partition coefficient (Wildman–Crippen LogP) is 1.56. The van der Waals surface area contributed by atoms with E-state index in [4.69, 9.17) is 5.11 Å². The lowest BCUT2D eigenvalue weighted by Crippen LogP contribution is -2.52.